The first-order valence-electron chi connectivity index (χ1n) is 13.4. The van der Waals surface area contributed by atoms with Gasteiger partial charge in [-0.25, -0.2) is 0 Å². The molecule has 186 valence electrons. The lowest BCUT2D eigenvalue weighted by Gasteiger charge is -2.30. The number of aliphatic hydroxyl groups excluding tert-OH is 2. The van der Waals surface area contributed by atoms with E-state index < -0.39 is 0 Å². The normalized spacial score (nSPS) is 27.7. The third-order valence-electron chi connectivity index (χ3n) is 7.70. The summed E-state index contributed by atoms with van der Waals surface area (Å²) in [6, 6.07) is 1.17. The van der Waals surface area contributed by atoms with Crippen LogP contribution in [0, 0.1) is 23.7 Å². The van der Waals surface area contributed by atoms with Gasteiger partial charge in [-0.15, -0.1) is 0 Å². The van der Waals surface area contributed by atoms with E-state index in [-0.39, 0.29) is 18.1 Å². The molecular weight excluding hydrogens is 396 g/mol. The van der Waals surface area contributed by atoms with Gasteiger partial charge in [-0.2, -0.15) is 0 Å². The average Bonchev–Trinajstić information content (AvgIpc) is 3.23. The van der Waals surface area contributed by atoms with Crippen LogP contribution >= 0.6 is 0 Å². The Bertz CT molecular complexity index is 578. The molecule has 0 heterocycles. The summed E-state index contributed by atoms with van der Waals surface area (Å²) in [5.74, 6) is 1.76. The first-order valence-corrected chi connectivity index (χ1v) is 13.4. The van der Waals surface area contributed by atoms with E-state index in [4.69, 9.17) is 0 Å². The summed E-state index contributed by atoms with van der Waals surface area (Å²) in [6.07, 6.45) is 13.4. The van der Waals surface area contributed by atoms with Crippen LogP contribution in [0.4, 0.5) is 0 Å². The van der Waals surface area contributed by atoms with Crippen molar-refractivity contribution in [3.8, 4) is 0 Å². The first kappa shape index (κ1) is 27.6. The summed E-state index contributed by atoms with van der Waals surface area (Å²) in [5.41, 5.74) is 1.55. The highest BCUT2D eigenvalue weighted by Gasteiger charge is 2.43. The second-order valence-electron chi connectivity index (χ2n) is 11.1. The smallest absolute Gasteiger partial charge is 0.0723 e. The minimum Gasteiger partial charge on any atom is -0.392 e. The molecule has 0 bridgehead atoms. The van der Waals surface area contributed by atoms with E-state index in [2.05, 4.69) is 63.9 Å². The van der Waals surface area contributed by atoms with Crippen molar-refractivity contribution in [2.45, 2.75) is 111 Å². The molecule has 32 heavy (non-hydrogen) atoms. The molecular formula is C28H52N2O2. The Balaban J connectivity index is 1.73. The van der Waals surface area contributed by atoms with E-state index in [0.717, 1.165) is 45.3 Å². The van der Waals surface area contributed by atoms with Gasteiger partial charge in [-0.3, -0.25) is 4.90 Å². The lowest BCUT2D eigenvalue weighted by Crippen LogP contribution is -2.41. The zero-order valence-corrected chi connectivity index (χ0v) is 21.8. The van der Waals surface area contributed by atoms with E-state index in [1.54, 1.807) is 5.57 Å². The number of fused-ring (bicyclic) bond motifs is 1. The highest BCUT2D eigenvalue weighted by atomic mass is 16.3. The second kappa shape index (κ2) is 13.9. The molecule has 0 aliphatic heterocycles. The standard InChI is InChI=1S/C28H52N2O2/c1-7-8-9-22(6)16-25(31)10-11-26-27-18-23(17-24(27)19-28(26)32)12-13-29-14-15-30(20(2)3)21(4)5/h10-11,17,20-22,24-29,31-32H,7-9,12-16,18-19H2,1-6H3/t22-,24-,25+,26+,27-,28+/m0/s1. The van der Waals surface area contributed by atoms with E-state index in [1.807, 2.05) is 6.08 Å². The fraction of sp³-hybridized carbons (Fsp3) is 0.857. The molecule has 6 atom stereocenters. The van der Waals surface area contributed by atoms with Crippen molar-refractivity contribution in [1.29, 1.82) is 0 Å². The van der Waals surface area contributed by atoms with Crippen molar-refractivity contribution < 1.29 is 10.2 Å². The van der Waals surface area contributed by atoms with Gasteiger partial charge >= 0.3 is 0 Å². The summed E-state index contributed by atoms with van der Waals surface area (Å²) >= 11 is 0. The highest BCUT2D eigenvalue weighted by Crippen LogP contribution is 2.47. The summed E-state index contributed by atoms with van der Waals surface area (Å²) in [5, 5.41) is 24.7. The first-order chi connectivity index (χ1) is 15.2. The largest absolute Gasteiger partial charge is 0.392 e. The van der Waals surface area contributed by atoms with E-state index in [0.29, 0.717) is 29.8 Å². The Kier molecular flexibility index (Phi) is 12.0. The molecule has 0 spiro atoms. The summed E-state index contributed by atoms with van der Waals surface area (Å²) in [6.45, 7) is 16.7. The summed E-state index contributed by atoms with van der Waals surface area (Å²) in [7, 11) is 0. The molecule has 4 nitrogen and oxygen atoms in total. The van der Waals surface area contributed by atoms with E-state index in [1.165, 1.54) is 19.3 Å². The van der Waals surface area contributed by atoms with Crippen molar-refractivity contribution in [3.05, 3.63) is 23.8 Å². The zero-order chi connectivity index (χ0) is 23.7. The van der Waals surface area contributed by atoms with Crippen molar-refractivity contribution in [2.24, 2.45) is 23.7 Å². The van der Waals surface area contributed by atoms with Crippen molar-refractivity contribution in [1.82, 2.24) is 10.2 Å². The van der Waals surface area contributed by atoms with Gasteiger partial charge in [-0.1, -0.05) is 56.9 Å². The van der Waals surface area contributed by atoms with Gasteiger partial charge in [0.05, 0.1) is 12.2 Å². The highest BCUT2D eigenvalue weighted by molar-refractivity contribution is 5.21. The Labute approximate surface area is 198 Å². The third kappa shape index (κ3) is 8.59. The fourth-order valence-corrected chi connectivity index (χ4v) is 5.90. The number of nitrogens with one attached hydrogen (secondary N) is 1. The molecule has 0 unspecified atom stereocenters. The number of rotatable bonds is 15. The molecule has 2 rings (SSSR count). The number of allylic oxidation sites excluding steroid dienone is 1. The lowest BCUT2D eigenvalue weighted by molar-refractivity contribution is 0.139. The topological polar surface area (TPSA) is 55.7 Å². The van der Waals surface area contributed by atoms with Gasteiger partial charge in [0, 0.05) is 31.1 Å². The minimum absolute atomic E-state index is 0.188. The summed E-state index contributed by atoms with van der Waals surface area (Å²) < 4.78 is 0. The second-order valence-corrected chi connectivity index (χ2v) is 11.1. The van der Waals surface area contributed by atoms with Crippen LogP contribution in [0.25, 0.3) is 0 Å². The monoisotopic (exact) mass is 448 g/mol. The molecule has 1 saturated carbocycles. The van der Waals surface area contributed by atoms with Gasteiger partial charge in [0.1, 0.15) is 0 Å². The quantitative estimate of drug-likeness (QED) is 0.239. The molecule has 2 aliphatic rings. The van der Waals surface area contributed by atoms with Crippen LogP contribution in [0.2, 0.25) is 0 Å². The number of unbranched alkanes of at least 4 members (excludes halogenated alkanes) is 1. The Morgan fingerprint density at radius 3 is 2.53 bits per heavy atom. The van der Waals surface area contributed by atoms with Crippen LogP contribution in [0.1, 0.15) is 86.5 Å². The fourth-order valence-electron chi connectivity index (χ4n) is 5.90. The molecule has 0 aromatic heterocycles. The van der Waals surface area contributed by atoms with E-state index >= 15 is 0 Å². The van der Waals surface area contributed by atoms with Crippen LogP contribution in [-0.4, -0.2) is 59.0 Å². The predicted octanol–water partition coefficient (Wildman–Crippen LogP) is 5.16. The van der Waals surface area contributed by atoms with Crippen LogP contribution in [0.15, 0.2) is 23.8 Å². The molecule has 0 amide bonds. The Morgan fingerprint density at radius 2 is 1.88 bits per heavy atom. The molecule has 4 heteroatoms. The third-order valence-corrected chi connectivity index (χ3v) is 7.70. The SMILES string of the molecule is CCCC[C@H](C)C[C@H](O)C=C[C@@H]1[C@H]2CC(CCNCCN(C(C)C)C(C)C)=C[C@H]2C[C@H]1O. The maximum atomic E-state index is 10.6. The van der Waals surface area contributed by atoms with Gasteiger partial charge in [0.15, 0.2) is 0 Å². The number of nitrogens with zero attached hydrogens (tertiary/aromatic N) is 1. The molecule has 2 aliphatic carbocycles. The minimum atomic E-state index is -0.387. The predicted molar refractivity (Wildman–Crippen MR) is 137 cm³/mol. The maximum absolute atomic E-state index is 10.6. The molecule has 1 fully saturated rings. The Morgan fingerprint density at radius 1 is 1.16 bits per heavy atom. The number of hydrogen-bond donors (Lipinski definition) is 3. The average molecular weight is 449 g/mol. The maximum Gasteiger partial charge on any atom is 0.0723 e. The van der Waals surface area contributed by atoms with Gasteiger partial charge in [0.2, 0.25) is 0 Å². The van der Waals surface area contributed by atoms with Gasteiger partial charge < -0.3 is 15.5 Å². The lowest BCUT2D eigenvalue weighted by atomic mass is 9.88. The van der Waals surface area contributed by atoms with Gasteiger partial charge in [0.25, 0.3) is 0 Å². The Hall–Kier alpha value is -0.680. The molecule has 0 aromatic rings. The number of hydrogen-bond acceptors (Lipinski definition) is 4. The van der Waals surface area contributed by atoms with Crippen molar-refractivity contribution in [2.75, 3.05) is 19.6 Å². The van der Waals surface area contributed by atoms with E-state index in [9.17, 15) is 10.2 Å². The molecule has 0 aromatic carbocycles. The van der Waals surface area contributed by atoms with Crippen LogP contribution in [0.3, 0.4) is 0 Å². The molecule has 3 N–H and O–H groups in total. The van der Waals surface area contributed by atoms with Crippen LogP contribution < -0.4 is 5.32 Å². The molecule has 0 radical (unpaired) electrons. The van der Waals surface area contributed by atoms with Crippen LogP contribution in [-0.2, 0) is 0 Å². The van der Waals surface area contributed by atoms with Crippen molar-refractivity contribution in [3.63, 3.8) is 0 Å². The molecule has 0 saturated heterocycles. The van der Waals surface area contributed by atoms with Gasteiger partial charge in [-0.05, 0) is 77.7 Å². The van der Waals surface area contributed by atoms with Crippen molar-refractivity contribution >= 4 is 0 Å². The van der Waals surface area contributed by atoms with Crippen LogP contribution in [0.5, 0.6) is 0 Å². The number of aliphatic hydroxyl groups is 2. The zero-order valence-electron chi connectivity index (χ0n) is 21.8. The summed E-state index contributed by atoms with van der Waals surface area (Å²) in [4.78, 5) is 2.53.